The largest absolute Gasteiger partial charge is 0.477 e. The number of carboxylic acid groups (broad SMARTS) is 1. The van der Waals surface area contributed by atoms with E-state index in [2.05, 4.69) is 15.0 Å². The van der Waals surface area contributed by atoms with Crippen molar-refractivity contribution < 1.29 is 14.3 Å². The molecule has 1 N–H and O–H groups in total. The van der Waals surface area contributed by atoms with Crippen LogP contribution in [0.5, 0.6) is 0 Å². The minimum atomic E-state index is -1.15. The Morgan fingerprint density at radius 2 is 2.06 bits per heavy atom. The van der Waals surface area contributed by atoms with Crippen molar-refractivity contribution in [2.24, 2.45) is 0 Å². The van der Waals surface area contributed by atoms with Crippen LogP contribution >= 0.6 is 0 Å². The van der Waals surface area contributed by atoms with E-state index >= 15 is 0 Å². The SMILES string of the molecule is O=C(O)c1ccnc(-c2ccc(F)cn2)n1. The number of pyridine rings is 1. The fourth-order valence-corrected chi connectivity index (χ4v) is 1.11. The molecule has 0 aliphatic carbocycles. The van der Waals surface area contributed by atoms with Crippen molar-refractivity contribution in [1.29, 1.82) is 0 Å². The van der Waals surface area contributed by atoms with E-state index in [0.29, 0.717) is 5.69 Å². The number of hydrogen-bond donors (Lipinski definition) is 1. The second kappa shape index (κ2) is 4.01. The molecule has 0 saturated carbocycles. The minimum absolute atomic E-state index is 0.129. The topological polar surface area (TPSA) is 76.0 Å². The summed E-state index contributed by atoms with van der Waals surface area (Å²) in [6.07, 6.45) is 2.34. The summed E-state index contributed by atoms with van der Waals surface area (Å²) in [4.78, 5) is 22.1. The summed E-state index contributed by atoms with van der Waals surface area (Å²) in [5.74, 6) is -1.47. The van der Waals surface area contributed by atoms with Gasteiger partial charge in [-0.2, -0.15) is 0 Å². The van der Waals surface area contributed by atoms with Gasteiger partial charge in [-0.3, -0.25) is 0 Å². The molecule has 0 aromatic carbocycles. The molecule has 2 aromatic heterocycles. The van der Waals surface area contributed by atoms with Crippen molar-refractivity contribution in [2.75, 3.05) is 0 Å². The molecule has 0 spiro atoms. The Labute approximate surface area is 89.6 Å². The Bertz CT molecular complexity index is 528. The maximum atomic E-state index is 12.6. The van der Waals surface area contributed by atoms with E-state index < -0.39 is 11.8 Å². The van der Waals surface area contributed by atoms with Crippen LogP contribution in [0.3, 0.4) is 0 Å². The predicted molar refractivity (Wildman–Crippen MR) is 52.2 cm³/mol. The van der Waals surface area contributed by atoms with Gasteiger partial charge in [0.05, 0.1) is 6.20 Å². The third-order valence-electron chi connectivity index (χ3n) is 1.83. The minimum Gasteiger partial charge on any atom is -0.477 e. The van der Waals surface area contributed by atoms with Gasteiger partial charge in [0, 0.05) is 6.20 Å². The number of carbonyl (C=O) groups is 1. The van der Waals surface area contributed by atoms with Gasteiger partial charge in [-0.15, -0.1) is 0 Å². The number of halogens is 1. The van der Waals surface area contributed by atoms with E-state index in [9.17, 15) is 9.18 Å². The van der Waals surface area contributed by atoms with Gasteiger partial charge in [0.25, 0.3) is 0 Å². The molecule has 0 amide bonds. The van der Waals surface area contributed by atoms with Crippen LogP contribution in [-0.4, -0.2) is 26.0 Å². The van der Waals surface area contributed by atoms with E-state index in [4.69, 9.17) is 5.11 Å². The van der Waals surface area contributed by atoms with Crippen LogP contribution < -0.4 is 0 Å². The van der Waals surface area contributed by atoms with Crippen molar-refractivity contribution in [3.05, 3.63) is 42.1 Å². The molecular weight excluding hydrogens is 213 g/mol. The number of aromatic nitrogens is 3. The molecule has 2 heterocycles. The van der Waals surface area contributed by atoms with Crippen LogP contribution in [0.1, 0.15) is 10.5 Å². The lowest BCUT2D eigenvalue weighted by Gasteiger charge is -1.99. The summed E-state index contributed by atoms with van der Waals surface area (Å²) >= 11 is 0. The second-order valence-electron chi connectivity index (χ2n) is 2.93. The molecule has 0 aliphatic rings. The molecule has 0 bridgehead atoms. The van der Waals surface area contributed by atoms with Crippen LogP contribution in [0.4, 0.5) is 4.39 Å². The highest BCUT2D eigenvalue weighted by Crippen LogP contribution is 2.11. The van der Waals surface area contributed by atoms with Crippen molar-refractivity contribution >= 4 is 5.97 Å². The second-order valence-corrected chi connectivity index (χ2v) is 2.93. The number of aromatic carboxylic acids is 1. The third-order valence-corrected chi connectivity index (χ3v) is 1.83. The zero-order valence-electron chi connectivity index (χ0n) is 7.96. The van der Waals surface area contributed by atoms with Gasteiger partial charge in [0.2, 0.25) is 0 Å². The van der Waals surface area contributed by atoms with E-state index in [1.54, 1.807) is 0 Å². The first-order valence-corrected chi connectivity index (χ1v) is 4.35. The molecule has 0 aliphatic heterocycles. The van der Waals surface area contributed by atoms with Gasteiger partial charge in [-0.05, 0) is 18.2 Å². The standard InChI is InChI=1S/C10H6FN3O2/c11-6-1-2-7(13-5-6)9-12-4-3-8(14-9)10(15)16/h1-5H,(H,15,16). The molecule has 16 heavy (non-hydrogen) atoms. The van der Waals surface area contributed by atoms with E-state index in [-0.39, 0.29) is 11.5 Å². The van der Waals surface area contributed by atoms with Gasteiger partial charge in [0.15, 0.2) is 11.5 Å². The quantitative estimate of drug-likeness (QED) is 0.825. The van der Waals surface area contributed by atoms with E-state index in [1.165, 1.54) is 24.4 Å². The van der Waals surface area contributed by atoms with Gasteiger partial charge in [-0.1, -0.05) is 0 Å². The van der Waals surface area contributed by atoms with Crippen molar-refractivity contribution in [2.45, 2.75) is 0 Å². The molecular formula is C10H6FN3O2. The van der Waals surface area contributed by atoms with Crippen LogP contribution in [0, 0.1) is 5.82 Å². The fourth-order valence-electron chi connectivity index (χ4n) is 1.11. The van der Waals surface area contributed by atoms with Crippen molar-refractivity contribution in [1.82, 2.24) is 15.0 Å². The summed E-state index contributed by atoms with van der Waals surface area (Å²) in [5.41, 5.74) is 0.195. The van der Waals surface area contributed by atoms with Crippen molar-refractivity contribution in [3.63, 3.8) is 0 Å². The van der Waals surface area contributed by atoms with E-state index in [0.717, 1.165) is 6.20 Å². The first kappa shape index (κ1) is 10.2. The van der Waals surface area contributed by atoms with Gasteiger partial charge < -0.3 is 5.11 Å². The molecule has 6 heteroatoms. The lowest BCUT2D eigenvalue weighted by atomic mass is 10.3. The van der Waals surface area contributed by atoms with Crippen LogP contribution in [0.2, 0.25) is 0 Å². The molecule has 5 nitrogen and oxygen atoms in total. The summed E-state index contributed by atoms with van der Waals surface area (Å²) in [7, 11) is 0. The lowest BCUT2D eigenvalue weighted by molar-refractivity contribution is 0.0690. The Balaban J connectivity index is 2.44. The fraction of sp³-hybridized carbons (Fsp3) is 0. The monoisotopic (exact) mass is 219 g/mol. The molecule has 0 saturated heterocycles. The highest BCUT2D eigenvalue weighted by atomic mass is 19.1. The molecule has 0 radical (unpaired) electrons. The Morgan fingerprint density at radius 1 is 1.25 bits per heavy atom. The summed E-state index contributed by atoms with van der Waals surface area (Å²) < 4.78 is 12.6. The lowest BCUT2D eigenvalue weighted by Crippen LogP contribution is -2.02. The summed E-state index contributed by atoms with van der Waals surface area (Å²) in [6.45, 7) is 0. The molecule has 2 rings (SSSR count). The number of carboxylic acids is 1. The summed E-state index contributed by atoms with van der Waals surface area (Å²) in [5, 5.41) is 8.73. The number of rotatable bonds is 2. The molecule has 0 atom stereocenters. The zero-order valence-corrected chi connectivity index (χ0v) is 7.96. The van der Waals surface area contributed by atoms with Gasteiger partial charge in [0.1, 0.15) is 11.5 Å². The smallest absolute Gasteiger partial charge is 0.354 e. The molecule has 0 fully saturated rings. The Kier molecular flexibility index (Phi) is 2.55. The van der Waals surface area contributed by atoms with Gasteiger partial charge in [-0.25, -0.2) is 24.1 Å². The van der Waals surface area contributed by atoms with Crippen molar-refractivity contribution in [3.8, 4) is 11.5 Å². The van der Waals surface area contributed by atoms with E-state index in [1.807, 2.05) is 0 Å². The maximum Gasteiger partial charge on any atom is 0.354 e. The maximum absolute atomic E-state index is 12.6. The zero-order chi connectivity index (χ0) is 11.5. The predicted octanol–water partition coefficient (Wildman–Crippen LogP) is 1.38. The van der Waals surface area contributed by atoms with Crippen LogP contribution in [0.15, 0.2) is 30.6 Å². The average Bonchev–Trinajstić information content (AvgIpc) is 2.30. The first-order chi connectivity index (χ1) is 7.66. The highest BCUT2D eigenvalue weighted by molar-refractivity contribution is 5.85. The Hall–Kier alpha value is -2.37. The molecule has 2 aromatic rings. The molecule has 0 unspecified atom stereocenters. The first-order valence-electron chi connectivity index (χ1n) is 4.35. The normalized spacial score (nSPS) is 10.1. The third kappa shape index (κ3) is 2.00. The van der Waals surface area contributed by atoms with Crippen LogP contribution in [-0.2, 0) is 0 Å². The Morgan fingerprint density at radius 3 is 2.69 bits per heavy atom. The number of nitrogens with zero attached hydrogens (tertiary/aromatic N) is 3. The number of hydrogen-bond acceptors (Lipinski definition) is 4. The van der Waals surface area contributed by atoms with Crippen LogP contribution in [0.25, 0.3) is 11.5 Å². The summed E-state index contributed by atoms with van der Waals surface area (Å²) in [6, 6.07) is 3.87. The highest BCUT2D eigenvalue weighted by Gasteiger charge is 2.08. The average molecular weight is 219 g/mol. The molecule has 80 valence electrons. The van der Waals surface area contributed by atoms with Gasteiger partial charge >= 0.3 is 5.97 Å².